The van der Waals surface area contributed by atoms with Gasteiger partial charge in [-0.15, -0.1) is 0 Å². The van der Waals surface area contributed by atoms with Gasteiger partial charge in [-0.3, -0.25) is 0 Å². The van der Waals surface area contributed by atoms with E-state index >= 15 is 0 Å². The molecule has 0 aliphatic carbocycles. The van der Waals surface area contributed by atoms with Gasteiger partial charge in [-0.1, -0.05) is 64.9 Å². The molecule has 0 amide bonds. The highest BCUT2D eigenvalue weighted by molar-refractivity contribution is 8.30. The van der Waals surface area contributed by atoms with Crippen molar-refractivity contribution in [2.24, 2.45) is 0 Å². The van der Waals surface area contributed by atoms with Crippen molar-refractivity contribution in [1.29, 1.82) is 0 Å². The molecule has 0 unspecified atom stereocenters. The molecule has 0 aliphatic heterocycles. The molecule has 0 radical (unpaired) electrons. The van der Waals surface area contributed by atoms with Crippen LogP contribution in [-0.2, 0) is 4.18 Å². The monoisotopic (exact) mass is 308 g/mol. The van der Waals surface area contributed by atoms with Crippen LogP contribution in [0.15, 0.2) is 106 Å². The van der Waals surface area contributed by atoms with Gasteiger partial charge in [-0.05, 0) is 43.3 Å². The molecule has 0 N–H and O–H groups in total. The van der Waals surface area contributed by atoms with Gasteiger partial charge in [0.1, 0.15) is 0 Å². The first-order chi connectivity index (χ1) is 10.9. The molecule has 0 saturated heterocycles. The van der Waals surface area contributed by atoms with Crippen molar-refractivity contribution in [3.8, 4) is 0 Å². The topological polar surface area (TPSA) is 9.23 Å². The summed E-state index contributed by atoms with van der Waals surface area (Å²) in [5.74, 6) is 0. The van der Waals surface area contributed by atoms with Crippen LogP contribution < -0.4 is 0 Å². The Morgan fingerprint density at radius 2 is 0.909 bits per heavy atom. The van der Waals surface area contributed by atoms with E-state index in [1.165, 1.54) is 14.7 Å². The van der Waals surface area contributed by atoms with E-state index < -0.39 is 10.3 Å². The van der Waals surface area contributed by atoms with E-state index in [-0.39, 0.29) is 0 Å². The normalized spacial score (nSPS) is 12.0. The third-order valence-corrected chi connectivity index (χ3v) is 6.92. The van der Waals surface area contributed by atoms with Crippen LogP contribution in [0, 0.1) is 0 Å². The lowest BCUT2D eigenvalue weighted by Crippen LogP contribution is -2.07. The van der Waals surface area contributed by atoms with E-state index in [0.29, 0.717) is 6.61 Å². The summed E-state index contributed by atoms with van der Waals surface area (Å²) in [4.78, 5) is 3.69. The Kier molecular flexibility index (Phi) is 4.62. The van der Waals surface area contributed by atoms with E-state index in [4.69, 9.17) is 4.18 Å². The predicted molar refractivity (Wildman–Crippen MR) is 93.3 cm³/mol. The fourth-order valence-corrected chi connectivity index (χ4v) is 5.83. The fraction of sp³-hybridized carbons (Fsp3) is 0.100. The average Bonchev–Trinajstić information content (AvgIpc) is 2.62. The van der Waals surface area contributed by atoms with Crippen LogP contribution in [0.3, 0.4) is 0 Å². The van der Waals surface area contributed by atoms with E-state index in [0.717, 1.165) is 0 Å². The molecule has 3 aromatic rings. The smallest absolute Gasteiger partial charge is 0.0576 e. The molecule has 0 bridgehead atoms. The fourth-order valence-electron chi connectivity index (χ4n) is 2.63. The Morgan fingerprint density at radius 3 is 1.18 bits per heavy atom. The second-order valence-corrected chi connectivity index (χ2v) is 7.66. The summed E-state index contributed by atoms with van der Waals surface area (Å²) in [5.41, 5.74) is 0. The molecule has 3 rings (SSSR count). The lowest BCUT2D eigenvalue weighted by atomic mass is 10.4. The molecule has 2 heteroatoms. The molecule has 0 aliphatic rings. The summed E-state index contributed by atoms with van der Waals surface area (Å²) in [6.45, 7) is 2.74. The van der Waals surface area contributed by atoms with Crippen LogP contribution in [0.4, 0.5) is 0 Å². The van der Waals surface area contributed by atoms with E-state index in [2.05, 4.69) is 97.9 Å². The second-order valence-electron chi connectivity index (χ2n) is 4.90. The van der Waals surface area contributed by atoms with Crippen molar-refractivity contribution in [1.82, 2.24) is 0 Å². The van der Waals surface area contributed by atoms with Crippen LogP contribution in [0.25, 0.3) is 0 Å². The maximum absolute atomic E-state index is 6.47. The van der Waals surface area contributed by atoms with Crippen LogP contribution in [0.5, 0.6) is 0 Å². The summed E-state index contributed by atoms with van der Waals surface area (Å²) < 4.78 is 6.47. The maximum Gasteiger partial charge on any atom is 0.0576 e. The minimum atomic E-state index is -1.68. The average molecular weight is 308 g/mol. The zero-order valence-electron chi connectivity index (χ0n) is 12.7. The molecule has 112 valence electrons. The molecule has 0 saturated carbocycles. The molecule has 0 atom stereocenters. The summed E-state index contributed by atoms with van der Waals surface area (Å²) in [7, 11) is -1.68. The molecule has 0 fully saturated rings. The van der Waals surface area contributed by atoms with Gasteiger partial charge in [0, 0.05) is 14.7 Å². The van der Waals surface area contributed by atoms with Gasteiger partial charge in [0.15, 0.2) is 0 Å². The van der Waals surface area contributed by atoms with Gasteiger partial charge in [-0.25, -0.2) is 0 Å². The maximum atomic E-state index is 6.47. The standard InChI is InChI=1S/C20H20OS/c1-2-21-22(18-12-6-3-7-13-18,19-14-8-4-9-15-19)20-16-10-5-11-17-20/h3-17H,2H2,1H3. The highest BCUT2D eigenvalue weighted by Gasteiger charge is 2.31. The number of rotatable bonds is 5. The molecular formula is C20H20OS. The van der Waals surface area contributed by atoms with Crippen LogP contribution >= 0.6 is 10.3 Å². The SMILES string of the molecule is CCOS(c1ccccc1)(c1ccccc1)c1ccccc1. The van der Waals surface area contributed by atoms with Crippen molar-refractivity contribution in [3.63, 3.8) is 0 Å². The minimum absolute atomic E-state index is 0.675. The number of hydrogen-bond acceptors (Lipinski definition) is 1. The number of benzene rings is 3. The van der Waals surface area contributed by atoms with Crippen molar-refractivity contribution in [2.75, 3.05) is 6.61 Å². The van der Waals surface area contributed by atoms with Crippen molar-refractivity contribution >= 4 is 10.3 Å². The molecule has 0 heterocycles. The molecule has 22 heavy (non-hydrogen) atoms. The third-order valence-electron chi connectivity index (χ3n) is 3.52. The Hall–Kier alpha value is -2.03. The van der Waals surface area contributed by atoms with Gasteiger partial charge >= 0.3 is 0 Å². The minimum Gasteiger partial charge on any atom is -0.324 e. The van der Waals surface area contributed by atoms with E-state index in [1.54, 1.807) is 0 Å². The first-order valence-electron chi connectivity index (χ1n) is 7.51. The quantitative estimate of drug-likeness (QED) is 0.568. The van der Waals surface area contributed by atoms with E-state index in [9.17, 15) is 0 Å². The predicted octanol–water partition coefficient (Wildman–Crippen LogP) is 5.92. The van der Waals surface area contributed by atoms with Crippen LogP contribution in [-0.4, -0.2) is 6.61 Å². The Morgan fingerprint density at radius 1 is 0.591 bits per heavy atom. The van der Waals surface area contributed by atoms with Crippen molar-refractivity contribution < 1.29 is 4.18 Å². The van der Waals surface area contributed by atoms with Gasteiger partial charge < -0.3 is 4.18 Å². The first-order valence-corrected chi connectivity index (χ1v) is 9.06. The second kappa shape index (κ2) is 6.82. The molecule has 1 nitrogen and oxygen atoms in total. The third kappa shape index (κ3) is 2.68. The number of hydrogen-bond donors (Lipinski definition) is 0. The summed E-state index contributed by atoms with van der Waals surface area (Å²) in [6, 6.07) is 31.7. The van der Waals surface area contributed by atoms with Gasteiger partial charge in [0.05, 0.1) is 6.61 Å². The largest absolute Gasteiger partial charge is 0.324 e. The highest BCUT2D eigenvalue weighted by Crippen LogP contribution is 2.68. The Balaban J connectivity index is 2.29. The molecule has 0 spiro atoms. The Labute approximate surface area is 134 Å². The zero-order chi connectivity index (χ0) is 15.3. The first kappa shape index (κ1) is 14.9. The van der Waals surface area contributed by atoms with Crippen LogP contribution in [0.1, 0.15) is 6.92 Å². The highest BCUT2D eigenvalue weighted by atomic mass is 32.3. The van der Waals surface area contributed by atoms with E-state index in [1.807, 2.05) is 0 Å². The lowest BCUT2D eigenvalue weighted by Gasteiger charge is -2.40. The zero-order valence-corrected chi connectivity index (χ0v) is 13.5. The lowest BCUT2D eigenvalue weighted by molar-refractivity contribution is 0.380. The van der Waals surface area contributed by atoms with Gasteiger partial charge in [0.2, 0.25) is 0 Å². The van der Waals surface area contributed by atoms with Crippen LogP contribution in [0.2, 0.25) is 0 Å². The summed E-state index contributed by atoms with van der Waals surface area (Å²) in [5, 5.41) is 0. The molecule has 3 aromatic carbocycles. The van der Waals surface area contributed by atoms with Crippen molar-refractivity contribution in [3.05, 3.63) is 91.0 Å². The summed E-state index contributed by atoms with van der Waals surface area (Å²) in [6.07, 6.45) is 0. The summed E-state index contributed by atoms with van der Waals surface area (Å²) >= 11 is 0. The van der Waals surface area contributed by atoms with Gasteiger partial charge in [-0.2, -0.15) is 0 Å². The molecular weight excluding hydrogens is 288 g/mol. The van der Waals surface area contributed by atoms with Gasteiger partial charge in [0.25, 0.3) is 0 Å². The van der Waals surface area contributed by atoms with Crippen molar-refractivity contribution in [2.45, 2.75) is 21.6 Å². The molecule has 0 aromatic heterocycles. The Bertz CT molecular complexity index is 599.